The highest BCUT2D eigenvalue weighted by molar-refractivity contribution is 5.88. The lowest BCUT2D eigenvalue weighted by molar-refractivity contribution is -0.135. The number of benzene rings is 1. The molecule has 2 aliphatic rings. The number of carbonyl (C=O) groups is 1. The van der Waals surface area contributed by atoms with E-state index in [0.717, 1.165) is 12.0 Å². The number of nitriles is 1. The van der Waals surface area contributed by atoms with Crippen LogP contribution < -0.4 is 9.47 Å². The molecule has 1 heterocycles. The number of hydrogen-bond acceptors (Lipinski definition) is 4. The van der Waals surface area contributed by atoms with E-state index in [9.17, 15) is 4.79 Å². The number of nitrogens with zero attached hydrogens (tertiary/aromatic N) is 2. The lowest BCUT2D eigenvalue weighted by atomic mass is 9.97. The summed E-state index contributed by atoms with van der Waals surface area (Å²) >= 11 is 0. The SMILES string of the molecule is COc1cc2c(cc1OC)CN(C(=O)C1(C#N)CC1)CC2. The molecule has 1 saturated carbocycles. The third kappa shape index (κ3) is 2.21. The minimum Gasteiger partial charge on any atom is -0.493 e. The molecule has 1 aliphatic heterocycles. The molecule has 5 nitrogen and oxygen atoms in total. The summed E-state index contributed by atoms with van der Waals surface area (Å²) in [6.07, 6.45) is 2.16. The molecule has 0 radical (unpaired) electrons. The average Bonchev–Trinajstić information content (AvgIpc) is 3.33. The molecule has 0 N–H and O–H groups in total. The van der Waals surface area contributed by atoms with Gasteiger partial charge < -0.3 is 14.4 Å². The van der Waals surface area contributed by atoms with Gasteiger partial charge >= 0.3 is 0 Å². The van der Waals surface area contributed by atoms with Crippen molar-refractivity contribution in [1.82, 2.24) is 4.90 Å². The van der Waals surface area contributed by atoms with E-state index in [2.05, 4.69) is 6.07 Å². The number of fused-ring (bicyclic) bond motifs is 1. The third-order valence-electron chi connectivity index (χ3n) is 4.38. The van der Waals surface area contributed by atoms with Crippen LogP contribution in [0.5, 0.6) is 11.5 Å². The van der Waals surface area contributed by atoms with E-state index in [1.807, 2.05) is 12.1 Å². The first-order valence-corrected chi connectivity index (χ1v) is 7.08. The fraction of sp³-hybridized carbons (Fsp3) is 0.500. The monoisotopic (exact) mass is 286 g/mol. The van der Waals surface area contributed by atoms with E-state index in [1.54, 1.807) is 19.1 Å². The third-order valence-corrected chi connectivity index (χ3v) is 4.38. The van der Waals surface area contributed by atoms with Crippen molar-refractivity contribution in [2.24, 2.45) is 5.41 Å². The number of hydrogen-bond donors (Lipinski definition) is 0. The van der Waals surface area contributed by atoms with Gasteiger partial charge in [-0.3, -0.25) is 4.79 Å². The fourth-order valence-electron chi connectivity index (χ4n) is 2.86. The molecular weight excluding hydrogens is 268 g/mol. The second kappa shape index (κ2) is 4.96. The Morgan fingerprint density at radius 3 is 2.38 bits per heavy atom. The van der Waals surface area contributed by atoms with Crippen LogP contribution in [-0.2, 0) is 17.8 Å². The molecule has 0 bridgehead atoms. The Kier molecular flexibility index (Phi) is 3.25. The summed E-state index contributed by atoms with van der Waals surface area (Å²) in [7, 11) is 3.22. The maximum atomic E-state index is 12.4. The van der Waals surface area contributed by atoms with Crippen molar-refractivity contribution in [3.63, 3.8) is 0 Å². The minimum absolute atomic E-state index is 0.0227. The van der Waals surface area contributed by atoms with Gasteiger partial charge in [-0.1, -0.05) is 0 Å². The fourth-order valence-corrected chi connectivity index (χ4v) is 2.86. The Bertz CT molecular complexity index is 629. The number of methoxy groups -OCH3 is 2. The normalized spacial score (nSPS) is 18.4. The molecule has 0 spiro atoms. The molecule has 1 aromatic carbocycles. The van der Waals surface area contributed by atoms with Crippen molar-refractivity contribution >= 4 is 5.91 Å². The summed E-state index contributed by atoms with van der Waals surface area (Å²) in [4.78, 5) is 14.2. The first-order chi connectivity index (χ1) is 10.1. The highest BCUT2D eigenvalue weighted by Gasteiger charge is 2.52. The molecule has 1 fully saturated rings. The topological polar surface area (TPSA) is 62.6 Å². The van der Waals surface area contributed by atoms with Gasteiger partial charge in [-0.2, -0.15) is 5.26 Å². The van der Waals surface area contributed by atoms with E-state index >= 15 is 0 Å². The Balaban J connectivity index is 1.85. The maximum Gasteiger partial charge on any atom is 0.243 e. The lowest BCUT2D eigenvalue weighted by Gasteiger charge is -2.31. The van der Waals surface area contributed by atoms with Gasteiger partial charge in [-0.05, 0) is 42.5 Å². The predicted molar refractivity (Wildman–Crippen MR) is 75.9 cm³/mol. The summed E-state index contributed by atoms with van der Waals surface area (Å²) in [6, 6.07) is 6.09. The van der Waals surface area contributed by atoms with Crippen LogP contribution in [0.25, 0.3) is 0 Å². The summed E-state index contributed by atoms with van der Waals surface area (Å²) in [6.45, 7) is 1.20. The quantitative estimate of drug-likeness (QED) is 0.851. The lowest BCUT2D eigenvalue weighted by Crippen LogP contribution is -2.40. The van der Waals surface area contributed by atoms with Crippen molar-refractivity contribution in [3.05, 3.63) is 23.3 Å². The van der Waals surface area contributed by atoms with Gasteiger partial charge in [0, 0.05) is 13.1 Å². The Hall–Kier alpha value is -2.22. The van der Waals surface area contributed by atoms with Crippen LogP contribution in [0.1, 0.15) is 24.0 Å². The predicted octanol–water partition coefficient (Wildman–Crippen LogP) is 1.89. The molecule has 110 valence electrons. The van der Waals surface area contributed by atoms with Crippen molar-refractivity contribution in [2.75, 3.05) is 20.8 Å². The Morgan fingerprint density at radius 1 is 1.24 bits per heavy atom. The molecule has 21 heavy (non-hydrogen) atoms. The summed E-state index contributed by atoms with van der Waals surface area (Å²) in [5.41, 5.74) is 1.51. The largest absolute Gasteiger partial charge is 0.493 e. The molecule has 0 saturated heterocycles. The second-order valence-electron chi connectivity index (χ2n) is 5.65. The molecule has 0 atom stereocenters. The van der Waals surface area contributed by atoms with Crippen molar-refractivity contribution in [2.45, 2.75) is 25.8 Å². The summed E-state index contributed by atoms with van der Waals surface area (Å²) < 4.78 is 10.6. The number of ether oxygens (including phenoxy) is 2. The van der Waals surface area contributed by atoms with Gasteiger partial charge in [0.2, 0.25) is 5.91 Å². The molecule has 1 aromatic rings. The van der Waals surface area contributed by atoms with Crippen LogP contribution in [0, 0.1) is 16.7 Å². The van der Waals surface area contributed by atoms with E-state index in [4.69, 9.17) is 14.7 Å². The first-order valence-electron chi connectivity index (χ1n) is 7.08. The van der Waals surface area contributed by atoms with E-state index < -0.39 is 5.41 Å². The zero-order valence-electron chi connectivity index (χ0n) is 12.3. The second-order valence-corrected chi connectivity index (χ2v) is 5.65. The zero-order chi connectivity index (χ0) is 15.0. The molecular formula is C16H18N2O3. The highest BCUT2D eigenvalue weighted by atomic mass is 16.5. The molecule has 3 rings (SSSR count). The number of amides is 1. The molecule has 1 aliphatic carbocycles. The van der Waals surface area contributed by atoms with E-state index in [0.29, 0.717) is 37.4 Å². The van der Waals surface area contributed by atoms with Crippen LogP contribution in [0.4, 0.5) is 0 Å². The van der Waals surface area contributed by atoms with Crippen LogP contribution in [0.15, 0.2) is 12.1 Å². The summed E-state index contributed by atoms with van der Waals surface area (Å²) in [5, 5.41) is 9.17. The average molecular weight is 286 g/mol. The van der Waals surface area contributed by atoms with Crippen LogP contribution in [0.2, 0.25) is 0 Å². The molecule has 0 aromatic heterocycles. The van der Waals surface area contributed by atoms with Gasteiger partial charge in [0.05, 0.1) is 20.3 Å². The highest BCUT2D eigenvalue weighted by Crippen LogP contribution is 2.47. The minimum atomic E-state index is -0.742. The molecule has 1 amide bonds. The number of carbonyl (C=O) groups excluding carboxylic acids is 1. The summed E-state index contributed by atoms with van der Waals surface area (Å²) in [5.74, 6) is 1.36. The number of rotatable bonds is 3. The first kappa shape index (κ1) is 13.7. The van der Waals surface area contributed by atoms with Gasteiger partial charge in [-0.25, -0.2) is 0 Å². The van der Waals surface area contributed by atoms with Gasteiger partial charge in [0.1, 0.15) is 5.41 Å². The van der Waals surface area contributed by atoms with Crippen LogP contribution in [0.3, 0.4) is 0 Å². The van der Waals surface area contributed by atoms with Crippen molar-refractivity contribution < 1.29 is 14.3 Å². The molecule has 0 unspecified atom stereocenters. The van der Waals surface area contributed by atoms with Gasteiger partial charge in [-0.15, -0.1) is 0 Å². The zero-order valence-corrected chi connectivity index (χ0v) is 12.3. The van der Waals surface area contributed by atoms with Crippen LogP contribution in [-0.4, -0.2) is 31.6 Å². The Morgan fingerprint density at radius 2 is 1.86 bits per heavy atom. The maximum absolute atomic E-state index is 12.4. The van der Waals surface area contributed by atoms with Crippen LogP contribution >= 0.6 is 0 Å². The van der Waals surface area contributed by atoms with Crippen molar-refractivity contribution in [1.29, 1.82) is 5.26 Å². The Labute approximate surface area is 124 Å². The molecule has 5 heteroatoms. The smallest absolute Gasteiger partial charge is 0.243 e. The van der Waals surface area contributed by atoms with Gasteiger partial charge in [0.25, 0.3) is 0 Å². The van der Waals surface area contributed by atoms with E-state index in [-0.39, 0.29) is 5.91 Å². The van der Waals surface area contributed by atoms with Gasteiger partial charge in [0.15, 0.2) is 11.5 Å². The standard InChI is InChI=1S/C16H18N2O3/c1-20-13-7-11-3-6-18(9-12(11)8-14(13)21-2)15(19)16(10-17)4-5-16/h7-8H,3-6,9H2,1-2H3. The van der Waals surface area contributed by atoms with Crippen molar-refractivity contribution in [3.8, 4) is 17.6 Å². The van der Waals surface area contributed by atoms with E-state index in [1.165, 1.54) is 5.56 Å².